The molecule has 0 aromatic rings. The average Bonchev–Trinajstić information content (AvgIpc) is 2.03. The molecule has 1 aliphatic heterocycles. The zero-order chi connectivity index (χ0) is 9.90. The van der Waals surface area contributed by atoms with E-state index in [2.05, 4.69) is 37.9 Å². The fourth-order valence-corrected chi connectivity index (χ4v) is 1.87. The van der Waals surface area contributed by atoms with E-state index in [0.717, 1.165) is 6.54 Å². The van der Waals surface area contributed by atoms with Crippen LogP contribution >= 0.6 is 12.4 Å². The molecule has 0 radical (unpaired) electrons. The SMILES string of the molecule is CCC(C)(C)CN1CCN[C@@H](C)C1.Cl. The Kier molecular flexibility index (Phi) is 6.03. The smallest absolute Gasteiger partial charge is 0.0167 e. The van der Waals surface area contributed by atoms with E-state index in [1.165, 1.54) is 26.1 Å². The van der Waals surface area contributed by atoms with Gasteiger partial charge in [0.25, 0.3) is 0 Å². The van der Waals surface area contributed by atoms with Crippen LogP contribution in [0, 0.1) is 5.41 Å². The van der Waals surface area contributed by atoms with Gasteiger partial charge in [-0.2, -0.15) is 0 Å². The van der Waals surface area contributed by atoms with E-state index < -0.39 is 0 Å². The van der Waals surface area contributed by atoms with Crippen LogP contribution in [-0.4, -0.2) is 37.1 Å². The molecule has 1 heterocycles. The highest BCUT2D eigenvalue weighted by Gasteiger charge is 2.22. The third kappa shape index (κ3) is 4.63. The number of hydrogen-bond donors (Lipinski definition) is 1. The molecule has 0 amide bonds. The van der Waals surface area contributed by atoms with Gasteiger partial charge >= 0.3 is 0 Å². The second-order valence-electron chi connectivity index (χ2n) is 5.11. The van der Waals surface area contributed by atoms with Gasteiger partial charge in [-0.15, -0.1) is 12.4 Å². The maximum Gasteiger partial charge on any atom is 0.0167 e. The summed E-state index contributed by atoms with van der Waals surface area (Å²) < 4.78 is 0. The van der Waals surface area contributed by atoms with E-state index in [1.807, 2.05) is 0 Å². The standard InChI is InChI=1S/C11H24N2.ClH/c1-5-11(3,4)9-13-7-6-12-10(2)8-13;/h10,12H,5-9H2,1-4H3;1H/t10-;/m0./s1. The zero-order valence-electron chi connectivity index (χ0n) is 9.97. The van der Waals surface area contributed by atoms with Gasteiger partial charge in [-0.3, -0.25) is 0 Å². The third-order valence-electron chi connectivity index (χ3n) is 3.06. The van der Waals surface area contributed by atoms with Gasteiger partial charge in [-0.05, 0) is 18.8 Å². The number of nitrogens with zero attached hydrogens (tertiary/aromatic N) is 1. The molecular weight excluding hydrogens is 196 g/mol. The minimum atomic E-state index is 0. The summed E-state index contributed by atoms with van der Waals surface area (Å²) in [5.74, 6) is 0. The molecule has 0 saturated carbocycles. The van der Waals surface area contributed by atoms with Crippen molar-refractivity contribution in [2.24, 2.45) is 5.41 Å². The van der Waals surface area contributed by atoms with Crippen molar-refractivity contribution >= 4 is 12.4 Å². The Morgan fingerprint density at radius 2 is 2.07 bits per heavy atom. The fourth-order valence-electron chi connectivity index (χ4n) is 1.87. The van der Waals surface area contributed by atoms with E-state index >= 15 is 0 Å². The summed E-state index contributed by atoms with van der Waals surface area (Å²) in [5.41, 5.74) is 0.483. The number of rotatable bonds is 3. The van der Waals surface area contributed by atoms with Gasteiger partial charge in [0.2, 0.25) is 0 Å². The number of halogens is 1. The maximum absolute atomic E-state index is 3.47. The Hall–Kier alpha value is 0.210. The van der Waals surface area contributed by atoms with Gasteiger partial charge in [0.1, 0.15) is 0 Å². The van der Waals surface area contributed by atoms with Crippen LogP contribution < -0.4 is 5.32 Å². The van der Waals surface area contributed by atoms with Gasteiger partial charge < -0.3 is 10.2 Å². The van der Waals surface area contributed by atoms with Crippen molar-refractivity contribution in [1.82, 2.24) is 10.2 Å². The van der Waals surface area contributed by atoms with Gasteiger partial charge in [-0.25, -0.2) is 0 Å². The molecule has 3 heteroatoms. The molecule has 1 atom stereocenters. The zero-order valence-corrected chi connectivity index (χ0v) is 10.8. The van der Waals surface area contributed by atoms with Crippen LogP contribution in [0.25, 0.3) is 0 Å². The van der Waals surface area contributed by atoms with Crippen molar-refractivity contribution in [2.45, 2.75) is 40.2 Å². The molecule has 0 aromatic heterocycles. The minimum absolute atomic E-state index is 0. The van der Waals surface area contributed by atoms with Crippen molar-refractivity contribution < 1.29 is 0 Å². The number of nitrogens with one attached hydrogen (secondary N) is 1. The Morgan fingerprint density at radius 1 is 1.43 bits per heavy atom. The molecule has 1 saturated heterocycles. The molecular formula is C11H25ClN2. The van der Waals surface area contributed by atoms with Crippen molar-refractivity contribution in [3.8, 4) is 0 Å². The molecule has 1 aliphatic rings. The fraction of sp³-hybridized carbons (Fsp3) is 1.00. The predicted octanol–water partition coefficient (Wildman–Crippen LogP) is 2.14. The first-order valence-electron chi connectivity index (χ1n) is 5.49. The van der Waals surface area contributed by atoms with Crippen LogP contribution in [0.5, 0.6) is 0 Å². The first-order valence-corrected chi connectivity index (χ1v) is 5.49. The van der Waals surface area contributed by atoms with Crippen LogP contribution in [0.1, 0.15) is 34.1 Å². The van der Waals surface area contributed by atoms with Crippen molar-refractivity contribution in [2.75, 3.05) is 26.2 Å². The molecule has 1 rings (SSSR count). The third-order valence-corrected chi connectivity index (χ3v) is 3.06. The van der Waals surface area contributed by atoms with Crippen LogP contribution in [-0.2, 0) is 0 Å². The summed E-state index contributed by atoms with van der Waals surface area (Å²) in [5, 5.41) is 3.47. The van der Waals surface area contributed by atoms with Crippen molar-refractivity contribution in [3.63, 3.8) is 0 Å². The van der Waals surface area contributed by atoms with Gasteiger partial charge in [-0.1, -0.05) is 20.8 Å². The molecule has 0 spiro atoms. The lowest BCUT2D eigenvalue weighted by Crippen LogP contribution is -2.51. The quantitative estimate of drug-likeness (QED) is 0.784. The van der Waals surface area contributed by atoms with E-state index in [1.54, 1.807) is 0 Å². The molecule has 0 aliphatic carbocycles. The monoisotopic (exact) mass is 220 g/mol. The molecule has 1 N–H and O–H groups in total. The lowest BCUT2D eigenvalue weighted by atomic mass is 9.89. The molecule has 0 bridgehead atoms. The topological polar surface area (TPSA) is 15.3 Å². The summed E-state index contributed by atoms with van der Waals surface area (Å²) in [4.78, 5) is 2.59. The number of piperazine rings is 1. The summed E-state index contributed by atoms with van der Waals surface area (Å²) in [6.07, 6.45) is 1.27. The van der Waals surface area contributed by atoms with Gasteiger partial charge in [0.15, 0.2) is 0 Å². The summed E-state index contributed by atoms with van der Waals surface area (Å²) in [6.45, 7) is 14.1. The van der Waals surface area contributed by atoms with Crippen LogP contribution in [0.15, 0.2) is 0 Å². The summed E-state index contributed by atoms with van der Waals surface area (Å²) in [6, 6.07) is 0.668. The van der Waals surface area contributed by atoms with E-state index in [0.29, 0.717) is 11.5 Å². The normalized spacial score (nSPS) is 24.4. The van der Waals surface area contributed by atoms with Crippen molar-refractivity contribution in [3.05, 3.63) is 0 Å². The van der Waals surface area contributed by atoms with Crippen LogP contribution in [0.2, 0.25) is 0 Å². The molecule has 86 valence electrons. The lowest BCUT2D eigenvalue weighted by molar-refractivity contribution is 0.138. The highest BCUT2D eigenvalue weighted by molar-refractivity contribution is 5.85. The molecule has 2 nitrogen and oxygen atoms in total. The van der Waals surface area contributed by atoms with E-state index in [9.17, 15) is 0 Å². The second-order valence-corrected chi connectivity index (χ2v) is 5.11. The molecule has 14 heavy (non-hydrogen) atoms. The Morgan fingerprint density at radius 3 is 2.57 bits per heavy atom. The molecule has 0 aromatic carbocycles. The lowest BCUT2D eigenvalue weighted by Gasteiger charge is -2.37. The Bertz CT molecular complexity index is 159. The average molecular weight is 221 g/mol. The summed E-state index contributed by atoms with van der Waals surface area (Å²) >= 11 is 0. The highest BCUT2D eigenvalue weighted by Crippen LogP contribution is 2.21. The van der Waals surface area contributed by atoms with Gasteiger partial charge in [0.05, 0.1) is 0 Å². The van der Waals surface area contributed by atoms with Crippen molar-refractivity contribution in [1.29, 1.82) is 0 Å². The van der Waals surface area contributed by atoms with Crippen LogP contribution in [0.3, 0.4) is 0 Å². The maximum atomic E-state index is 3.47. The largest absolute Gasteiger partial charge is 0.312 e. The van der Waals surface area contributed by atoms with Crippen LogP contribution in [0.4, 0.5) is 0 Å². The molecule has 0 unspecified atom stereocenters. The number of hydrogen-bond acceptors (Lipinski definition) is 2. The highest BCUT2D eigenvalue weighted by atomic mass is 35.5. The molecule has 1 fully saturated rings. The predicted molar refractivity (Wildman–Crippen MR) is 65.2 cm³/mol. The minimum Gasteiger partial charge on any atom is -0.312 e. The Balaban J connectivity index is 0.00000169. The van der Waals surface area contributed by atoms with E-state index in [-0.39, 0.29) is 12.4 Å². The summed E-state index contributed by atoms with van der Waals surface area (Å²) in [7, 11) is 0. The first-order chi connectivity index (χ1) is 6.03. The van der Waals surface area contributed by atoms with Gasteiger partial charge in [0, 0.05) is 32.2 Å². The first kappa shape index (κ1) is 14.2. The second kappa shape index (κ2) is 5.94. The Labute approximate surface area is 94.8 Å². The van der Waals surface area contributed by atoms with E-state index in [4.69, 9.17) is 0 Å².